The third-order valence-electron chi connectivity index (χ3n) is 7.54. The van der Waals surface area contributed by atoms with Gasteiger partial charge in [-0.15, -0.1) is 0 Å². The molecule has 2 aliphatic rings. The molecule has 1 fully saturated rings. The van der Waals surface area contributed by atoms with Gasteiger partial charge in [-0.05, 0) is 55.4 Å². The monoisotopic (exact) mass is 553 g/mol. The molecule has 2 atom stereocenters. The van der Waals surface area contributed by atoms with Gasteiger partial charge in [-0.2, -0.15) is 5.26 Å². The molecule has 6 rings (SSSR count). The van der Waals surface area contributed by atoms with Crippen LogP contribution >= 0.6 is 0 Å². The van der Waals surface area contributed by atoms with Gasteiger partial charge < -0.3 is 24.0 Å². The molecule has 0 saturated carbocycles. The number of benzene rings is 2. The van der Waals surface area contributed by atoms with E-state index in [9.17, 15) is 14.3 Å². The number of aromatic carboxylic acids is 1. The first kappa shape index (κ1) is 26.5. The predicted molar refractivity (Wildman–Crippen MR) is 148 cm³/mol. The Balaban J connectivity index is 1.14. The minimum absolute atomic E-state index is 0.0170. The van der Waals surface area contributed by atoms with Gasteiger partial charge in [0, 0.05) is 30.7 Å². The summed E-state index contributed by atoms with van der Waals surface area (Å²) in [5, 5.41) is 18.4. The van der Waals surface area contributed by atoms with Crippen LogP contribution in [0.2, 0.25) is 0 Å². The number of hydrogen-bond acceptors (Lipinski definition) is 7. The summed E-state index contributed by atoms with van der Waals surface area (Å²) in [7, 11) is 0. The topological polar surface area (TPSA) is 114 Å². The van der Waals surface area contributed by atoms with E-state index in [1.165, 1.54) is 6.07 Å². The zero-order chi connectivity index (χ0) is 28.3. The van der Waals surface area contributed by atoms with E-state index < -0.39 is 11.8 Å². The molecule has 1 unspecified atom stereocenters. The molecule has 0 aliphatic carbocycles. The smallest absolute Gasteiger partial charge is 0.335 e. The van der Waals surface area contributed by atoms with Crippen LogP contribution in [0.5, 0.6) is 5.88 Å². The van der Waals surface area contributed by atoms with Gasteiger partial charge in [0.05, 0.1) is 53.1 Å². The number of halogens is 1. The van der Waals surface area contributed by atoms with E-state index >= 15 is 0 Å². The predicted octanol–water partition coefficient (Wildman–Crippen LogP) is 5.01. The number of allylic oxidation sites excluding steroid dienone is 1. The zero-order valence-electron chi connectivity index (χ0n) is 22.2. The van der Waals surface area contributed by atoms with Gasteiger partial charge in [-0.25, -0.2) is 19.2 Å². The number of nitriles is 1. The Morgan fingerprint density at radius 1 is 1.17 bits per heavy atom. The van der Waals surface area contributed by atoms with Crippen LogP contribution in [0.3, 0.4) is 0 Å². The Bertz CT molecular complexity index is 1670. The van der Waals surface area contributed by atoms with E-state index in [4.69, 9.17) is 19.7 Å². The maximum atomic E-state index is 14.2. The molecule has 41 heavy (non-hydrogen) atoms. The summed E-state index contributed by atoms with van der Waals surface area (Å²) in [4.78, 5) is 23.3. The highest BCUT2D eigenvalue weighted by molar-refractivity contribution is 5.92. The first-order valence-corrected chi connectivity index (χ1v) is 13.5. The fourth-order valence-corrected chi connectivity index (χ4v) is 5.13. The fourth-order valence-electron chi connectivity index (χ4n) is 5.13. The molecule has 1 saturated heterocycles. The number of aromatic nitrogens is 3. The van der Waals surface area contributed by atoms with Crippen molar-refractivity contribution in [3.63, 3.8) is 0 Å². The Hall–Kier alpha value is -4.75. The lowest BCUT2D eigenvalue weighted by Gasteiger charge is -2.30. The lowest BCUT2D eigenvalue weighted by atomic mass is 9.98. The average molecular weight is 554 g/mol. The molecule has 0 bridgehead atoms. The lowest BCUT2D eigenvalue weighted by Crippen LogP contribution is -2.32. The van der Waals surface area contributed by atoms with Gasteiger partial charge in [0.2, 0.25) is 5.88 Å². The fraction of sp³-hybridized carbons (Fsp3) is 0.290. The summed E-state index contributed by atoms with van der Waals surface area (Å²) in [6.45, 7) is 2.77. The lowest BCUT2D eigenvalue weighted by molar-refractivity contribution is -0.0591. The molecular formula is C31H28FN5O4. The molecule has 0 radical (unpaired) electrons. The highest BCUT2D eigenvalue weighted by atomic mass is 19.1. The van der Waals surface area contributed by atoms with Crippen molar-refractivity contribution < 1.29 is 23.8 Å². The van der Waals surface area contributed by atoms with Gasteiger partial charge in [0.1, 0.15) is 18.2 Å². The van der Waals surface area contributed by atoms with Crippen molar-refractivity contribution in [3.8, 4) is 11.9 Å². The Morgan fingerprint density at radius 2 is 2.05 bits per heavy atom. The number of carboxylic acid groups (broad SMARTS) is 1. The number of ether oxygens (including phenoxy) is 2. The van der Waals surface area contributed by atoms with Crippen molar-refractivity contribution in [3.05, 3.63) is 101 Å². The Labute approximate surface area is 236 Å². The van der Waals surface area contributed by atoms with Crippen molar-refractivity contribution in [1.82, 2.24) is 19.4 Å². The summed E-state index contributed by atoms with van der Waals surface area (Å²) in [5.74, 6) is -0.0663. The maximum absolute atomic E-state index is 14.2. The van der Waals surface area contributed by atoms with Crippen molar-refractivity contribution >= 4 is 17.0 Å². The summed E-state index contributed by atoms with van der Waals surface area (Å²) >= 11 is 0. The standard InChI is InChI=1S/C31H28FN5O4/c32-25-14-20(16-33)4-5-23(25)19-41-30-3-1-2-26(35-30)21-8-11-36(12-9-21)18-29-34-27-7-6-22(31(38)39)15-28(27)37(29)17-24-10-13-40-24/h1-8,11,14-15,21,24H,9-10,12-13,17-19H2,(H,38,39)/t21?,24-/m0/s1. The minimum atomic E-state index is -0.962. The zero-order valence-corrected chi connectivity index (χ0v) is 22.2. The molecule has 4 heterocycles. The summed E-state index contributed by atoms with van der Waals surface area (Å²) < 4.78 is 27.7. The van der Waals surface area contributed by atoms with E-state index in [1.807, 2.05) is 18.2 Å². The van der Waals surface area contributed by atoms with E-state index in [0.29, 0.717) is 24.5 Å². The largest absolute Gasteiger partial charge is 0.478 e. The van der Waals surface area contributed by atoms with Crippen LogP contribution in [0.4, 0.5) is 4.39 Å². The molecule has 10 heteroatoms. The second kappa shape index (κ2) is 11.4. The quantitative estimate of drug-likeness (QED) is 0.308. The second-order valence-corrected chi connectivity index (χ2v) is 10.2. The minimum Gasteiger partial charge on any atom is -0.478 e. The SMILES string of the molecule is N#Cc1ccc(COc2cccc(C3C=CN(Cc4nc5ccc(C(=O)O)cc5n4C[C@@H]4CCO4)CC3)n2)c(F)c1. The average Bonchev–Trinajstić information content (AvgIpc) is 3.30. The first-order chi connectivity index (χ1) is 20.0. The van der Waals surface area contributed by atoms with Crippen molar-refractivity contribution in [1.29, 1.82) is 5.26 Å². The second-order valence-electron chi connectivity index (χ2n) is 10.2. The summed E-state index contributed by atoms with van der Waals surface area (Å²) in [5.41, 5.74) is 3.30. The third kappa shape index (κ3) is 5.76. The third-order valence-corrected chi connectivity index (χ3v) is 7.54. The molecule has 0 spiro atoms. The molecule has 2 aliphatic heterocycles. The van der Waals surface area contributed by atoms with Crippen molar-refractivity contribution in [2.75, 3.05) is 13.2 Å². The van der Waals surface area contributed by atoms with Crippen LogP contribution in [0.15, 0.2) is 66.9 Å². The first-order valence-electron chi connectivity index (χ1n) is 13.5. The van der Waals surface area contributed by atoms with Crippen LogP contribution in [0.1, 0.15) is 51.8 Å². The van der Waals surface area contributed by atoms with Crippen LogP contribution in [-0.4, -0.2) is 49.8 Å². The number of rotatable bonds is 9. The molecule has 208 valence electrons. The van der Waals surface area contributed by atoms with Gasteiger partial charge in [0.15, 0.2) is 0 Å². The van der Waals surface area contributed by atoms with Crippen LogP contribution in [-0.2, 0) is 24.4 Å². The molecule has 2 aromatic heterocycles. The van der Waals surface area contributed by atoms with Crippen LogP contribution in [0.25, 0.3) is 11.0 Å². The Morgan fingerprint density at radius 3 is 2.76 bits per heavy atom. The number of carbonyl (C=O) groups is 1. The summed E-state index contributed by atoms with van der Waals surface area (Å²) in [6.07, 6.45) is 6.09. The van der Waals surface area contributed by atoms with Crippen molar-refractivity contribution in [2.45, 2.75) is 44.6 Å². The van der Waals surface area contributed by atoms with E-state index in [2.05, 4.69) is 26.7 Å². The van der Waals surface area contributed by atoms with Gasteiger partial charge in [-0.1, -0.05) is 18.2 Å². The van der Waals surface area contributed by atoms with Gasteiger partial charge in [-0.3, -0.25) is 0 Å². The number of hydrogen-bond donors (Lipinski definition) is 1. The van der Waals surface area contributed by atoms with Crippen molar-refractivity contribution in [2.24, 2.45) is 0 Å². The van der Waals surface area contributed by atoms with Gasteiger partial charge in [0.25, 0.3) is 0 Å². The highest BCUT2D eigenvalue weighted by Crippen LogP contribution is 2.28. The number of fused-ring (bicyclic) bond motifs is 1. The number of carboxylic acids is 1. The molecule has 0 amide bonds. The molecular weight excluding hydrogens is 525 g/mol. The van der Waals surface area contributed by atoms with Crippen LogP contribution < -0.4 is 4.74 Å². The van der Waals surface area contributed by atoms with Gasteiger partial charge >= 0.3 is 5.97 Å². The summed E-state index contributed by atoms with van der Waals surface area (Å²) in [6, 6.07) is 16.9. The highest BCUT2D eigenvalue weighted by Gasteiger charge is 2.24. The number of pyridine rings is 1. The van der Waals surface area contributed by atoms with E-state index in [1.54, 1.807) is 36.4 Å². The number of imidazole rings is 1. The maximum Gasteiger partial charge on any atom is 0.335 e. The van der Waals surface area contributed by atoms with E-state index in [0.717, 1.165) is 48.5 Å². The number of nitrogens with zero attached hydrogens (tertiary/aromatic N) is 5. The van der Waals surface area contributed by atoms with Crippen LogP contribution in [0, 0.1) is 17.1 Å². The molecule has 1 N–H and O–H groups in total. The molecule has 2 aromatic carbocycles. The molecule has 9 nitrogen and oxygen atoms in total. The van der Waals surface area contributed by atoms with E-state index in [-0.39, 0.29) is 29.8 Å². The normalized spacial score (nSPS) is 18.2. The molecule has 4 aromatic rings. The Kier molecular flexibility index (Phi) is 7.35.